The van der Waals surface area contributed by atoms with E-state index in [0.717, 1.165) is 5.56 Å². The normalized spacial score (nSPS) is 10.5. The van der Waals surface area contributed by atoms with Gasteiger partial charge in [0.2, 0.25) is 0 Å². The van der Waals surface area contributed by atoms with Crippen LogP contribution in [0.1, 0.15) is 29.8 Å². The molecule has 0 atom stereocenters. The summed E-state index contributed by atoms with van der Waals surface area (Å²) in [6.07, 6.45) is 0. The fraction of sp³-hybridized carbons (Fsp3) is 0.300. The third-order valence-corrected chi connectivity index (χ3v) is 3.41. The molecule has 0 bridgehead atoms. The van der Waals surface area contributed by atoms with Crippen molar-refractivity contribution in [3.63, 3.8) is 0 Å². The molecule has 0 aliphatic heterocycles. The summed E-state index contributed by atoms with van der Waals surface area (Å²) in [5.74, 6) is -0.271. The van der Waals surface area contributed by atoms with Gasteiger partial charge in [0, 0.05) is 6.54 Å². The lowest BCUT2D eigenvalue weighted by atomic mass is 10.2. The molecule has 0 aliphatic carbocycles. The zero-order valence-electron chi connectivity index (χ0n) is 14.8. The molecular formula is C20H22FNO4. The number of esters is 1. The standard InChI is InChI=1S/C20H22FNO4/c1-14(2)12-25-18-9-5-16(6-10-18)20(24)26-13-19(23)22-11-15-3-7-17(21)8-4-15/h3-10,14H,11-13H2,1-2H3,(H,22,23). The van der Waals surface area contributed by atoms with E-state index in [1.165, 1.54) is 12.1 Å². The summed E-state index contributed by atoms with van der Waals surface area (Å²) < 4.78 is 23.3. The van der Waals surface area contributed by atoms with Gasteiger partial charge in [-0.15, -0.1) is 0 Å². The third kappa shape index (κ3) is 6.55. The average molecular weight is 359 g/mol. The van der Waals surface area contributed by atoms with Crippen molar-refractivity contribution in [2.75, 3.05) is 13.2 Å². The number of hydrogen-bond acceptors (Lipinski definition) is 4. The van der Waals surface area contributed by atoms with E-state index in [9.17, 15) is 14.0 Å². The lowest BCUT2D eigenvalue weighted by Gasteiger charge is -2.09. The fourth-order valence-electron chi connectivity index (χ4n) is 2.02. The van der Waals surface area contributed by atoms with Crippen LogP contribution in [0.3, 0.4) is 0 Å². The van der Waals surface area contributed by atoms with Crippen molar-refractivity contribution in [2.45, 2.75) is 20.4 Å². The first-order valence-electron chi connectivity index (χ1n) is 8.35. The number of ether oxygens (including phenoxy) is 2. The van der Waals surface area contributed by atoms with Crippen molar-refractivity contribution >= 4 is 11.9 Å². The SMILES string of the molecule is CC(C)COc1ccc(C(=O)OCC(=O)NCc2ccc(F)cc2)cc1. The third-order valence-electron chi connectivity index (χ3n) is 3.41. The number of nitrogens with one attached hydrogen (secondary N) is 1. The molecule has 0 saturated carbocycles. The summed E-state index contributed by atoms with van der Waals surface area (Å²) >= 11 is 0. The summed E-state index contributed by atoms with van der Waals surface area (Å²) in [5, 5.41) is 2.60. The van der Waals surface area contributed by atoms with E-state index in [1.807, 2.05) is 13.8 Å². The first-order valence-corrected chi connectivity index (χ1v) is 8.35. The highest BCUT2D eigenvalue weighted by molar-refractivity contribution is 5.91. The van der Waals surface area contributed by atoms with Gasteiger partial charge in [-0.3, -0.25) is 4.79 Å². The molecule has 0 radical (unpaired) electrons. The Bertz CT molecular complexity index is 726. The molecule has 1 amide bonds. The van der Waals surface area contributed by atoms with Gasteiger partial charge >= 0.3 is 5.97 Å². The molecule has 2 aromatic carbocycles. The van der Waals surface area contributed by atoms with Gasteiger partial charge in [-0.25, -0.2) is 9.18 Å². The lowest BCUT2D eigenvalue weighted by Crippen LogP contribution is -2.28. The van der Waals surface area contributed by atoms with Crippen LogP contribution < -0.4 is 10.1 Å². The van der Waals surface area contributed by atoms with Crippen molar-refractivity contribution in [3.05, 3.63) is 65.5 Å². The maximum Gasteiger partial charge on any atom is 0.338 e. The molecule has 2 rings (SSSR count). The van der Waals surface area contributed by atoms with Crippen LogP contribution in [-0.4, -0.2) is 25.1 Å². The van der Waals surface area contributed by atoms with Gasteiger partial charge < -0.3 is 14.8 Å². The minimum Gasteiger partial charge on any atom is -0.493 e. The molecule has 0 spiro atoms. The molecule has 0 saturated heterocycles. The quantitative estimate of drug-likeness (QED) is 0.734. The highest BCUT2D eigenvalue weighted by atomic mass is 19.1. The first kappa shape index (κ1) is 19.4. The fourth-order valence-corrected chi connectivity index (χ4v) is 2.02. The molecule has 2 aromatic rings. The van der Waals surface area contributed by atoms with Crippen molar-refractivity contribution in [1.82, 2.24) is 5.32 Å². The van der Waals surface area contributed by atoms with E-state index in [1.54, 1.807) is 36.4 Å². The number of benzene rings is 2. The Morgan fingerprint density at radius 1 is 1.04 bits per heavy atom. The number of carbonyl (C=O) groups excluding carboxylic acids is 2. The summed E-state index contributed by atoms with van der Waals surface area (Å²) in [5.41, 5.74) is 1.09. The molecule has 5 nitrogen and oxygen atoms in total. The maximum atomic E-state index is 12.8. The highest BCUT2D eigenvalue weighted by Crippen LogP contribution is 2.14. The number of halogens is 1. The second-order valence-electron chi connectivity index (χ2n) is 6.21. The highest BCUT2D eigenvalue weighted by Gasteiger charge is 2.10. The van der Waals surface area contributed by atoms with Crippen LogP contribution in [0.4, 0.5) is 4.39 Å². The zero-order chi connectivity index (χ0) is 18.9. The van der Waals surface area contributed by atoms with Gasteiger partial charge in [-0.2, -0.15) is 0 Å². The molecule has 0 heterocycles. The van der Waals surface area contributed by atoms with Crippen molar-refractivity contribution in [3.8, 4) is 5.75 Å². The molecule has 26 heavy (non-hydrogen) atoms. The Balaban J connectivity index is 1.74. The van der Waals surface area contributed by atoms with E-state index in [4.69, 9.17) is 9.47 Å². The van der Waals surface area contributed by atoms with Crippen molar-refractivity contribution in [1.29, 1.82) is 0 Å². The van der Waals surface area contributed by atoms with Crippen molar-refractivity contribution in [2.24, 2.45) is 5.92 Å². The Kier molecular flexibility index (Phi) is 7.14. The minimum absolute atomic E-state index is 0.235. The topological polar surface area (TPSA) is 64.6 Å². The van der Waals surface area contributed by atoms with Crippen LogP contribution in [0, 0.1) is 11.7 Å². The van der Waals surface area contributed by atoms with Gasteiger partial charge in [-0.1, -0.05) is 26.0 Å². The molecule has 138 valence electrons. The number of carbonyl (C=O) groups is 2. The predicted octanol–water partition coefficient (Wildman–Crippen LogP) is 3.33. The van der Waals surface area contributed by atoms with Crippen LogP contribution in [0.2, 0.25) is 0 Å². The summed E-state index contributed by atoms with van der Waals surface area (Å²) in [7, 11) is 0. The van der Waals surface area contributed by atoms with E-state index in [-0.39, 0.29) is 19.0 Å². The lowest BCUT2D eigenvalue weighted by molar-refractivity contribution is -0.124. The van der Waals surface area contributed by atoms with Gasteiger partial charge in [0.05, 0.1) is 12.2 Å². The van der Waals surface area contributed by atoms with Gasteiger partial charge in [0.25, 0.3) is 5.91 Å². The Labute approximate surface area is 152 Å². The van der Waals surface area contributed by atoms with Crippen LogP contribution in [0.25, 0.3) is 0 Å². The first-order chi connectivity index (χ1) is 12.4. The largest absolute Gasteiger partial charge is 0.493 e. The summed E-state index contributed by atoms with van der Waals surface area (Å²) in [6, 6.07) is 12.3. The molecule has 1 N–H and O–H groups in total. The minimum atomic E-state index is -0.586. The van der Waals surface area contributed by atoms with Gasteiger partial charge in [0.15, 0.2) is 6.61 Å². The summed E-state index contributed by atoms with van der Waals surface area (Å²) in [6.45, 7) is 4.54. The molecule has 6 heteroatoms. The Morgan fingerprint density at radius 3 is 2.31 bits per heavy atom. The Hall–Kier alpha value is -2.89. The predicted molar refractivity (Wildman–Crippen MR) is 95.3 cm³/mol. The van der Waals surface area contributed by atoms with Crippen LogP contribution in [0.15, 0.2) is 48.5 Å². The van der Waals surface area contributed by atoms with Gasteiger partial charge in [-0.05, 0) is 47.9 Å². The molecule has 0 fully saturated rings. The van der Waals surface area contributed by atoms with Crippen LogP contribution in [0.5, 0.6) is 5.75 Å². The number of hydrogen-bond donors (Lipinski definition) is 1. The van der Waals surface area contributed by atoms with E-state index < -0.39 is 11.9 Å². The van der Waals surface area contributed by atoms with E-state index >= 15 is 0 Å². The molecular weight excluding hydrogens is 337 g/mol. The monoisotopic (exact) mass is 359 g/mol. The smallest absolute Gasteiger partial charge is 0.338 e. The Morgan fingerprint density at radius 2 is 1.69 bits per heavy atom. The van der Waals surface area contributed by atoms with Crippen LogP contribution in [-0.2, 0) is 16.1 Å². The molecule has 0 unspecified atom stereocenters. The second kappa shape index (κ2) is 9.56. The van der Waals surface area contributed by atoms with E-state index in [0.29, 0.717) is 23.8 Å². The number of amides is 1. The molecule has 0 aliphatic rings. The maximum absolute atomic E-state index is 12.8. The van der Waals surface area contributed by atoms with Crippen LogP contribution >= 0.6 is 0 Å². The average Bonchev–Trinajstić information content (AvgIpc) is 2.64. The zero-order valence-corrected chi connectivity index (χ0v) is 14.8. The van der Waals surface area contributed by atoms with E-state index in [2.05, 4.69) is 5.32 Å². The molecule has 0 aromatic heterocycles. The second-order valence-corrected chi connectivity index (χ2v) is 6.21. The van der Waals surface area contributed by atoms with Crippen molar-refractivity contribution < 1.29 is 23.5 Å². The summed E-state index contributed by atoms with van der Waals surface area (Å²) in [4.78, 5) is 23.7. The number of rotatable bonds is 8. The van der Waals surface area contributed by atoms with Gasteiger partial charge in [0.1, 0.15) is 11.6 Å².